The van der Waals surface area contributed by atoms with Gasteiger partial charge < -0.3 is 13.7 Å². The van der Waals surface area contributed by atoms with Crippen molar-refractivity contribution in [3.63, 3.8) is 0 Å². The van der Waals surface area contributed by atoms with Crippen LogP contribution in [-0.2, 0) is 19.6 Å². The van der Waals surface area contributed by atoms with E-state index in [0.29, 0.717) is 0 Å². The lowest BCUT2D eigenvalue weighted by atomic mass is 10.1. The van der Waals surface area contributed by atoms with Crippen LogP contribution in [0.2, 0.25) is 0 Å². The molecule has 0 unspecified atom stereocenters. The van der Waals surface area contributed by atoms with E-state index in [1.165, 1.54) is 18.2 Å². The minimum atomic E-state index is -4.27. The van der Waals surface area contributed by atoms with Gasteiger partial charge in [0, 0.05) is 0 Å². The van der Waals surface area contributed by atoms with E-state index < -0.39 is 22.1 Å². The van der Waals surface area contributed by atoms with Gasteiger partial charge in [-0.1, -0.05) is 17.7 Å². The van der Waals surface area contributed by atoms with Gasteiger partial charge >= 0.3 is 22.1 Å². The van der Waals surface area contributed by atoms with E-state index in [2.05, 4.69) is 9.47 Å². The van der Waals surface area contributed by atoms with Gasteiger partial charge in [0.05, 0.1) is 25.3 Å². The van der Waals surface area contributed by atoms with Crippen LogP contribution in [0.1, 0.15) is 26.3 Å². The molecule has 0 heterocycles. The van der Waals surface area contributed by atoms with E-state index in [1.54, 1.807) is 12.1 Å². The van der Waals surface area contributed by atoms with Gasteiger partial charge in [0.15, 0.2) is 0 Å². The summed E-state index contributed by atoms with van der Waals surface area (Å²) in [5, 5.41) is 0. The number of aryl methyl sites for hydroxylation is 1. The van der Waals surface area contributed by atoms with Crippen LogP contribution in [0.15, 0.2) is 47.4 Å². The number of hydrogen-bond donors (Lipinski definition) is 0. The van der Waals surface area contributed by atoms with Crippen LogP contribution in [0.4, 0.5) is 0 Å². The summed E-state index contributed by atoms with van der Waals surface area (Å²) in [6, 6.07) is 9.70. The van der Waals surface area contributed by atoms with Crippen molar-refractivity contribution in [2.75, 3.05) is 14.2 Å². The van der Waals surface area contributed by atoms with Crippen molar-refractivity contribution in [3.05, 3.63) is 59.2 Å². The molecule has 0 bridgehead atoms. The van der Waals surface area contributed by atoms with Gasteiger partial charge in [0.2, 0.25) is 0 Å². The number of rotatable bonds is 5. The van der Waals surface area contributed by atoms with E-state index in [1.807, 2.05) is 6.92 Å². The molecule has 0 spiro atoms. The Hall–Kier alpha value is -2.87. The first-order valence-corrected chi connectivity index (χ1v) is 8.50. The van der Waals surface area contributed by atoms with Gasteiger partial charge in [-0.25, -0.2) is 9.59 Å². The third-order valence-electron chi connectivity index (χ3n) is 3.26. The summed E-state index contributed by atoms with van der Waals surface area (Å²) < 4.78 is 39.2. The molecule has 0 radical (unpaired) electrons. The largest absolute Gasteiger partial charge is 0.465 e. The lowest BCUT2D eigenvalue weighted by Gasteiger charge is -2.10. The Morgan fingerprint density at radius 1 is 0.840 bits per heavy atom. The van der Waals surface area contributed by atoms with Gasteiger partial charge in [-0.3, -0.25) is 0 Å². The van der Waals surface area contributed by atoms with E-state index in [-0.39, 0.29) is 21.8 Å². The fraction of sp³-hybridized carbons (Fsp3) is 0.176. The first kappa shape index (κ1) is 18.5. The SMILES string of the molecule is COC(=O)c1cc(C(=O)OC)cc(S(=O)(=O)Oc2ccc(C)cc2)c1. The monoisotopic (exact) mass is 364 g/mol. The van der Waals surface area contributed by atoms with E-state index in [0.717, 1.165) is 31.9 Å². The Balaban J connectivity index is 2.49. The van der Waals surface area contributed by atoms with E-state index in [9.17, 15) is 18.0 Å². The summed E-state index contributed by atoms with van der Waals surface area (Å²) in [4.78, 5) is 23.1. The van der Waals surface area contributed by atoms with Crippen LogP contribution in [0.5, 0.6) is 5.75 Å². The maximum absolute atomic E-state index is 12.5. The predicted molar refractivity (Wildman–Crippen MR) is 88.1 cm³/mol. The minimum Gasteiger partial charge on any atom is -0.465 e. The smallest absolute Gasteiger partial charge is 0.339 e. The number of benzene rings is 2. The first-order valence-electron chi connectivity index (χ1n) is 7.09. The quantitative estimate of drug-likeness (QED) is 0.593. The standard InChI is InChI=1S/C17H16O7S/c1-11-4-6-14(7-5-11)24-25(20,21)15-9-12(16(18)22-2)8-13(10-15)17(19)23-3/h4-10H,1-3H3. The molecule has 132 valence electrons. The molecule has 0 N–H and O–H groups in total. The summed E-state index contributed by atoms with van der Waals surface area (Å²) in [6.07, 6.45) is 0. The van der Waals surface area contributed by atoms with Crippen molar-refractivity contribution in [2.45, 2.75) is 11.8 Å². The van der Waals surface area contributed by atoms with Gasteiger partial charge in [0.25, 0.3) is 0 Å². The average Bonchev–Trinajstić information content (AvgIpc) is 2.61. The zero-order valence-electron chi connectivity index (χ0n) is 13.8. The molecular weight excluding hydrogens is 348 g/mol. The first-order chi connectivity index (χ1) is 11.8. The molecule has 0 saturated heterocycles. The van der Waals surface area contributed by atoms with Gasteiger partial charge in [-0.05, 0) is 37.3 Å². The molecule has 7 nitrogen and oxygen atoms in total. The summed E-state index contributed by atoms with van der Waals surface area (Å²) in [7, 11) is -1.98. The van der Waals surface area contributed by atoms with Crippen LogP contribution < -0.4 is 4.18 Å². The van der Waals surface area contributed by atoms with E-state index in [4.69, 9.17) is 4.18 Å². The molecule has 0 aromatic heterocycles. The Labute approximate surface area is 145 Å². The number of hydrogen-bond acceptors (Lipinski definition) is 7. The fourth-order valence-corrected chi connectivity index (χ4v) is 2.99. The zero-order valence-corrected chi connectivity index (χ0v) is 14.6. The lowest BCUT2D eigenvalue weighted by Crippen LogP contribution is -2.14. The fourth-order valence-electron chi connectivity index (χ4n) is 1.98. The molecule has 0 fully saturated rings. The second-order valence-corrected chi connectivity index (χ2v) is 6.63. The third kappa shape index (κ3) is 4.36. The highest BCUT2D eigenvalue weighted by molar-refractivity contribution is 7.87. The normalized spacial score (nSPS) is 10.8. The Morgan fingerprint density at radius 2 is 1.32 bits per heavy atom. The van der Waals surface area contributed by atoms with Crippen molar-refractivity contribution in [2.24, 2.45) is 0 Å². The van der Waals surface area contributed by atoms with Crippen molar-refractivity contribution in [3.8, 4) is 5.75 Å². The molecule has 2 rings (SSSR count). The highest BCUT2D eigenvalue weighted by Crippen LogP contribution is 2.22. The average molecular weight is 364 g/mol. The van der Waals surface area contributed by atoms with Crippen LogP contribution in [0, 0.1) is 6.92 Å². The molecule has 0 aliphatic rings. The van der Waals surface area contributed by atoms with Crippen molar-refractivity contribution in [1.82, 2.24) is 0 Å². The number of carbonyl (C=O) groups is 2. The second-order valence-electron chi connectivity index (χ2n) is 5.08. The van der Waals surface area contributed by atoms with Gasteiger partial charge in [0.1, 0.15) is 10.6 Å². The second kappa shape index (κ2) is 7.35. The Kier molecular flexibility index (Phi) is 5.43. The minimum absolute atomic E-state index is 0.105. The molecule has 2 aromatic carbocycles. The summed E-state index contributed by atoms with van der Waals surface area (Å²) in [5.74, 6) is -1.48. The number of methoxy groups -OCH3 is 2. The molecule has 25 heavy (non-hydrogen) atoms. The topological polar surface area (TPSA) is 96.0 Å². The van der Waals surface area contributed by atoms with Gasteiger partial charge in [-0.15, -0.1) is 0 Å². The molecular formula is C17H16O7S. The van der Waals surface area contributed by atoms with Crippen LogP contribution in [-0.4, -0.2) is 34.6 Å². The Bertz CT molecular complexity index is 865. The van der Waals surface area contributed by atoms with Crippen LogP contribution in [0.3, 0.4) is 0 Å². The maximum atomic E-state index is 12.5. The summed E-state index contributed by atoms with van der Waals surface area (Å²) >= 11 is 0. The highest BCUT2D eigenvalue weighted by atomic mass is 32.2. The van der Waals surface area contributed by atoms with Crippen molar-refractivity contribution in [1.29, 1.82) is 0 Å². The summed E-state index contributed by atoms with van der Waals surface area (Å²) in [5.41, 5.74) is 0.707. The van der Waals surface area contributed by atoms with Crippen molar-refractivity contribution < 1.29 is 31.7 Å². The van der Waals surface area contributed by atoms with Crippen LogP contribution in [0.25, 0.3) is 0 Å². The molecule has 2 aromatic rings. The van der Waals surface area contributed by atoms with Crippen LogP contribution >= 0.6 is 0 Å². The molecule has 0 atom stereocenters. The molecule has 0 aliphatic heterocycles. The number of ether oxygens (including phenoxy) is 2. The predicted octanol–water partition coefficient (Wildman–Crippen LogP) is 2.34. The molecule has 0 amide bonds. The van der Waals surface area contributed by atoms with Gasteiger partial charge in [-0.2, -0.15) is 8.42 Å². The molecule has 8 heteroatoms. The maximum Gasteiger partial charge on any atom is 0.339 e. The Morgan fingerprint density at radius 3 is 1.76 bits per heavy atom. The third-order valence-corrected chi connectivity index (χ3v) is 4.49. The number of carbonyl (C=O) groups excluding carboxylic acids is 2. The van der Waals surface area contributed by atoms with E-state index >= 15 is 0 Å². The van der Waals surface area contributed by atoms with Crippen molar-refractivity contribution >= 4 is 22.1 Å². The molecule has 0 saturated carbocycles. The highest BCUT2D eigenvalue weighted by Gasteiger charge is 2.22. The summed E-state index contributed by atoms with van der Waals surface area (Å²) in [6.45, 7) is 1.85. The molecule has 0 aliphatic carbocycles. The lowest BCUT2D eigenvalue weighted by molar-refractivity contribution is 0.0598. The zero-order chi connectivity index (χ0) is 18.6. The number of esters is 2.